The van der Waals surface area contributed by atoms with Gasteiger partial charge in [0.2, 0.25) is 0 Å². The third kappa shape index (κ3) is 2.29. The molecule has 2 aromatic rings. The maximum Gasteiger partial charge on any atom is 0.196 e. The summed E-state index contributed by atoms with van der Waals surface area (Å²) < 4.78 is 14.9. The van der Waals surface area contributed by atoms with E-state index in [9.17, 15) is 4.39 Å². The summed E-state index contributed by atoms with van der Waals surface area (Å²) in [5, 5.41) is 0. The third-order valence-corrected chi connectivity index (χ3v) is 3.83. The minimum absolute atomic E-state index is 0.213. The smallest absolute Gasteiger partial charge is 0.196 e. The molecule has 0 saturated heterocycles. The molecule has 0 radical (unpaired) electrons. The molecule has 0 fully saturated rings. The summed E-state index contributed by atoms with van der Waals surface area (Å²) in [5.74, 6) is 0.171. The molecule has 3 rings (SSSR count). The highest BCUT2D eigenvalue weighted by molar-refractivity contribution is 9.10. The van der Waals surface area contributed by atoms with E-state index in [2.05, 4.69) is 20.9 Å². The summed E-state index contributed by atoms with van der Waals surface area (Å²) >= 11 is 3.38. The first kappa shape index (κ1) is 13.1. The topological polar surface area (TPSA) is 41.6 Å². The fraction of sp³-hybridized carbons (Fsp3) is 0.133. The minimum atomic E-state index is -0.246. The van der Waals surface area contributed by atoms with Crippen LogP contribution in [-0.2, 0) is 0 Å². The van der Waals surface area contributed by atoms with E-state index in [1.54, 1.807) is 12.1 Å². The Labute approximate surface area is 125 Å². The average molecular weight is 334 g/mol. The van der Waals surface area contributed by atoms with Crippen molar-refractivity contribution in [3.8, 4) is 0 Å². The summed E-state index contributed by atoms with van der Waals surface area (Å²) in [7, 11) is 0. The summed E-state index contributed by atoms with van der Waals surface area (Å²) in [6.45, 7) is 0.452. The first-order valence-electron chi connectivity index (χ1n) is 6.26. The van der Waals surface area contributed by atoms with Crippen LogP contribution in [0.15, 0.2) is 58.0 Å². The molecule has 2 N–H and O–H groups in total. The number of nitrogens with zero attached hydrogens (tertiary/aromatic N) is 2. The molecule has 0 bridgehead atoms. The Morgan fingerprint density at radius 1 is 1.20 bits per heavy atom. The van der Waals surface area contributed by atoms with Crippen molar-refractivity contribution in [3.05, 3.63) is 64.4 Å². The van der Waals surface area contributed by atoms with E-state index in [-0.39, 0.29) is 11.9 Å². The molecule has 0 saturated carbocycles. The predicted molar refractivity (Wildman–Crippen MR) is 82.3 cm³/mol. The first-order valence-corrected chi connectivity index (χ1v) is 7.05. The van der Waals surface area contributed by atoms with Gasteiger partial charge < -0.3 is 10.6 Å². The molecule has 1 aliphatic heterocycles. The zero-order chi connectivity index (χ0) is 14.1. The molecule has 102 valence electrons. The van der Waals surface area contributed by atoms with E-state index < -0.39 is 0 Å². The third-order valence-electron chi connectivity index (χ3n) is 3.34. The number of aliphatic imine (C=N–C) groups is 1. The van der Waals surface area contributed by atoms with Crippen molar-refractivity contribution in [2.45, 2.75) is 6.04 Å². The Hall–Kier alpha value is -1.88. The monoisotopic (exact) mass is 333 g/mol. The van der Waals surface area contributed by atoms with Crippen molar-refractivity contribution in [1.82, 2.24) is 0 Å². The largest absolute Gasteiger partial charge is 0.369 e. The number of hydrogen-bond donors (Lipinski definition) is 1. The maximum atomic E-state index is 14.1. The first-order chi connectivity index (χ1) is 9.66. The average Bonchev–Trinajstić information content (AvgIpc) is 2.84. The van der Waals surface area contributed by atoms with Crippen molar-refractivity contribution in [2.75, 3.05) is 11.4 Å². The van der Waals surface area contributed by atoms with Gasteiger partial charge in [0, 0.05) is 15.7 Å². The summed E-state index contributed by atoms with van der Waals surface area (Å²) in [6.07, 6.45) is 0. The predicted octanol–water partition coefficient (Wildman–Crippen LogP) is 3.46. The second kappa shape index (κ2) is 5.25. The molecule has 1 unspecified atom stereocenters. The SMILES string of the molecule is NC1=NCC(c2cc(Br)ccc2F)N1c1ccccc1. The number of para-hydroxylation sites is 1. The molecule has 5 heteroatoms. The Kier molecular flexibility index (Phi) is 3.44. The fourth-order valence-corrected chi connectivity index (χ4v) is 2.78. The van der Waals surface area contributed by atoms with Crippen molar-refractivity contribution in [3.63, 3.8) is 0 Å². The van der Waals surface area contributed by atoms with E-state index in [1.807, 2.05) is 35.2 Å². The molecular formula is C15H13BrFN3. The Bertz CT molecular complexity index is 657. The van der Waals surface area contributed by atoms with Crippen LogP contribution in [0.1, 0.15) is 11.6 Å². The van der Waals surface area contributed by atoms with Gasteiger partial charge in [0.15, 0.2) is 5.96 Å². The molecule has 0 aliphatic carbocycles. The highest BCUT2D eigenvalue weighted by Crippen LogP contribution is 2.33. The molecule has 20 heavy (non-hydrogen) atoms. The fourth-order valence-electron chi connectivity index (χ4n) is 2.41. The van der Waals surface area contributed by atoms with Crippen LogP contribution in [0.5, 0.6) is 0 Å². The summed E-state index contributed by atoms with van der Waals surface area (Å²) in [4.78, 5) is 6.13. The zero-order valence-electron chi connectivity index (χ0n) is 10.6. The van der Waals surface area contributed by atoms with E-state index in [0.29, 0.717) is 18.1 Å². The number of nitrogens with two attached hydrogens (primary N) is 1. The molecule has 3 nitrogen and oxygen atoms in total. The van der Waals surface area contributed by atoms with Crippen LogP contribution in [-0.4, -0.2) is 12.5 Å². The molecule has 0 spiro atoms. The highest BCUT2D eigenvalue weighted by Gasteiger charge is 2.30. The lowest BCUT2D eigenvalue weighted by Crippen LogP contribution is -2.36. The number of anilines is 1. The number of guanidine groups is 1. The Morgan fingerprint density at radius 3 is 2.70 bits per heavy atom. The molecule has 1 aliphatic rings. The van der Waals surface area contributed by atoms with Crippen LogP contribution in [0.25, 0.3) is 0 Å². The normalized spacial score (nSPS) is 18.2. The van der Waals surface area contributed by atoms with E-state index in [4.69, 9.17) is 5.73 Å². The van der Waals surface area contributed by atoms with Gasteiger partial charge in [-0.15, -0.1) is 0 Å². The molecule has 1 heterocycles. The van der Waals surface area contributed by atoms with Crippen LogP contribution in [0.2, 0.25) is 0 Å². The second-order valence-corrected chi connectivity index (χ2v) is 5.50. The van der Waals surface area contributed by atoms with Crippen molar-refractivity contribution in [1.29, 1.82) is 0 Å². The Morgan fingerprint density at radius 2 is 1.95 bits per heavy atom. The van der Waals surface area contributed by atoms with Gasteiger partial charge in [-0.1, -0.05) is 34.1 Å². The molecule has 2 aromatic carbocycles. The number of hydrogen-bond acceptors (Lipinski definition) is 3. The lowest BCUT2D eigenvalue weighted by Gasteiger charge is -2.27. The molecule has 0 amide bonds. The summed E-state index contributed by atoms with van der Waals surface area (Å²) in [5.41, 5.74) is 7.47. The van der Waals surface area contributed by atoms with E-state index in [1.165, 1.54) is 6.07 Å². The quantitative estimate of drug-likeness (QED) is 0.914. The van der Waals surface area contributed by atoms with Crippen LogP contribution in [0, 0.1) is 5.82 Å². The van der Waals surface area contributed by atoms with Crippen LogP contribution >= 0.6 is 15.9 Å². The van der Waals surface area contributed by atoms with Crippen molar-refractivity contribution >= 4 is 27.6 Å². The van der Waals surface area contributed by atoms with Gasteiger partial charge in [-0.2, -0.15) is 0 Å². The second-order valence-electron chi connectivity index (χ2n) is 4.59. The van der Waals surface area contributed by atoms with Gasteiger partial charge in [0.1, 0.15) is 5.82 Å². The zero-order valence-corrected chi connectivity index (χ0v) is 12.2. The van der Waals surface area contributed by atoms with Gasteiger partial charge >= 0.3 is 0 Å². The molecule has 1 atom stereocenters. The maximum absolute atomic E-state index is 14.1. The van der Waals surface area contributed by atoms with Crippen molar-refractivity contribution in [2.24, 2.45) is 10.7 Å². The lowest BCUT2D eigenvalue weighted by molar-refractivity contribution is 0.589. The van der Waals surface area contributed by atoms with E-state index >= 15 is 0 Å². The van der Waals surface area contributed by atoms with Gasteiger partial charge in [-0.05, 0) is 30.3 Å². The summed E-state index contributed by atoms with van der Waals surface area (Å²) in [6, 6.07) is 14.4. The van der Waals surface area contributed by atoms with Crippen LogP contribution < -0.4 is 10.6 Å². The van der Waals surface area contributed by atoms with Crippen LogP contribution in [0.4, 0.5) is 10.1 Å². The number of benzene rings is 2. The van der Waals surface area contributed by atoms with Gasteiger partial charge in [-0.3, -0.25) is 4.99 Å². The van der Waals surface area contributed by atoms with Crippen LogP contribution in [0.3, 0.4) is 0 Å². The number of rotatable bonds is 2. The molecule has 0 aromatic heterocycles. The highest BCUT2D eigenvalue weighted by atomic mass is 79.9. The minimum Gasteiger partial charge on any atom is -0.369 e. The number of halogens is 2. The van der Waals surface area contributed by atoms with E-state index in [0.717, 1.165) is 10.2 Å². The lowest BCUT2D eigenvalue weighted by atomic mass is 10.0. The van der Waals surface area contributed by atoms with Gasteiger partial charge in [0.05, 0.1) is 12.6 Å². The standard InChI is InChI=1S/C15H13BrFN3/c16-10-6-7-13(17)12(8-10)14-9-19-15(18)20(14)11-4-2-1-3-5-11/h1-8,14H,9H2,(H2,18,19). The Balaban J connectivity index is 2.04. The molecular weight excluding hydrogens is 321 g/mol. The van der Waals surface area contributed by atoms with Gasteiger partial charge in [0.25, 0.3) is 0 Å². The van der Waals surface area contributed by atoms with Gasteiger partial charge in [-0.25, -0.2) is 4.39 Å². The van der Waals surface area contributed by atoms with Crippen molar-refractivity contribution < 1.29 is 4.39 Å².